The summed E-state index contributed by atoms with van der Waals surface area (Å²) in [6.07, 6.45) is -0.0252. The summed E-state index contributed by atoms with van der Waals surface area (Å²) in [5.41, 5.74) is 1.19. The number of fused-ring (bicyclic) bond motifs is 1. The van der Waals surface area contributed by atoms with Crippen LogP contribution < -0.4 is 19.7 Å². The molecule has 0 aliphatic carbocycles. The molecule has 1 atom stereocenters. The van der Waals surface area contributed by atoms with Gasteiger partial charge in [0.05, 0.1) is 12.1 Å². The number of imide groups is 1. The molecule has 7 nitrogen and oxygen atoms in total. The number of thiocarbonyl (C=S) groups is 1. The molecule has 0 radical (unpaired) electrons. The molecule has 2 aliphatic heterocycles. The van der Waals surface area contributed by atoms with Gasteiger partial charge in [-0.2, -0.15) is 0 Å². The Kier molecular flexibility index (Phi) is 5.06. The van der Waals surface area contributed by atoms with E-state index in [2.05, 4.69) is 5.32 Å². The maximum atomic E-state index is 13.2. The van der Waals surface area contributed by atoms with Crippen LogP contribution in [0.1, 0.15) is 12.0 Å². The minimum atomic E-state index is -0.766. The minimum Gasteiger partial charge on any atom is -0.454 e. The Morgan fingerprint density at radius 3 is 2.66 bits per heavy atom. The normalized spacial score (nSPS) is 17.6. The lowest BCUT2D eigenvalue weighted by Gasteiger charge is -2.29. The smallest absolute Gasteiger partial charge is 0.257 e. The number of nitrogens with zero attached hydrogens (tertiary/aromatic N) is 2. The molecule has 1 fully saturated rings. The third kappa shape index (κ3) is 3.61. The highest BCUT2D eigenvalue weighted by Gasteiger charge is 2.43. The van der Waals surface area contributed by atoms with E-state index >= 15 is 0 Å². The van der Waals surface area contributed by atoms with Crippen LogP contribution in [0.15, 0.2) is 42.5 Å². The molecule has 9 heteroatoms. The average Bonchev–Trinajstić information content (AvgIpc) is 3.30. The van der Waals surface area contributed by atoms with Crippen molar-refractivity contribution in [2.75, 3.05) is 18.7 Å². The summed E-state index contributed by atoms with van der Waals surface area (Å²) in [5, 5.41) is 3.22. The SMILES string of the molecule is CNC(=S)N(Cc1ccc2c(c1)OCO2)[C@@H]1CC(=O)N(c2ccc(F)cc2)C1=O. The standard InChI is InChI=1S/C20H18FN3O4S/c1-22-20(29)23(10-12-2-7-16-17(8-12)28-11-27-16)15-9-18(25)24(19(15)26)14-5-3-13(21)4-6-14/h2-8,15H,9-11H2,1H3,(H,22,29)/t15-/m1/s1. The minimum absolute atomic E-state index is 0.0252. The Balaban J connectivity index is 1.60. The van der Waals surface area contributed by atoms with E-state index in [1.807, 2.05) is 12.1 Å². The molecule has 0 spiro atoms. The molecule has 4 rings (SSSR count). The highest BCUT2D eigenvalue weighted by molar-refractivity contribution is 7.80. The van der Waals surface area contributed by atoms with Crippen molar-refractivity contribution < 1.29 is 23.5 Å². The first-order chi connectivity index (χ1) is 14.0. The molecule has 2 heterocycles. The van der Waals surface area contributed by atoms with Crippen molar-refractivity contribution in [2.24, 2.45) is 0 Å². The average molecular weight is 415 g/mol. The van der Waals surface area contributed by atoms with Crippen molar-refractivity contribution in [3.63, 3.8) is 0 Å². The zero-order valence-corrected chi connectivity index (χ0v) is 16.4. The van der Waals surface area contributed by atoms with E-state index < -0.39 is 17.8 Å². The monoisotopic (exact) mass is 415 g/mol. The molecule has 29 heavy (non-hydrogen) atoms. The van der Waals surface area contributed by atoms with Crippen molar-refractivity contribution in [3.05, 3.63) is 53.8 Å². The van der Waals surface area contributed by atoms with Crippen LogP contribution >= 0.6 is 12.2 Å². The number of benzene rings is 2. The first-order valence-corrected chi connectivity index (χ1v) is 9.38. The fourth-order valence-corrected chi connectivity index (χ4v) is 3.62. The fourth-order valence-electron chi connectivity index (χ4n) is 3.42. The predicted molar refractivity (Wildman–Crippen MR) is 107 cm³/mol. The van der Waals surface area contributed by atoms with Crippen molar-refractivity contribution in [1.29, 1.82) is 0 Å². The van der Waals surface area contributed by atoms with Crippen LogP contribution in [-0.4, -0.2) is 41.7 Å². The van der Waals surface area contributed by atoms with Gasteiger partial charge >= 0.3 is 0 Å². The Bertz CT molecular complexity index is 982. The molecule has 0 bridgehead atoms. The number of hydrogen-bond acceptors (Lipinski definition) is 5. The zero-order chi connectivity index (χ0) is 20.5. The first-order valence-electron chi connectivity index (χ1n) is 8.97. The lowest BCUT2D eigenvalue weighted by Crippen LogP contribution is -2.48. The van der Waals surface area contributed by atoms with E-state index in [1.165, 1.54) is 24.3 Å². The molecule has 0 unspecified atom stereocenters. The van der Waals surface area contributed by atoms with E-state index in [1.54, 1.807) is 18.0 Å². The number of anilines is 1. The number of carbonyl (C=O) groups excluding carboxylic acids is 2. The van der Waals surface area contributed by atoms with Crippen LogP contribution in [0.5, 0.6) is 11.5 Å². The molecular formula is C20H18FN3O4S. The molecule has 2 aliphatic rings. The Labute approximate surface area is 172 Å². The Morgan fingerprint density at radius 2 is 1.93 bits per heavy atom. The molecule has 2 aromatic carbocycles. The predicted octanol–water partition coefficient (Wildman–Crippen LogP) is 2.19. The number of ether oxygens (including phenoxy) is 2. The lowest BCUT2D eigenvalue weighted by atomic mass is 10.1. The lowest BCUT2D eigenvalue weighted by molar-refractivity contribution is -0.122. The summed E-state index contributed by atoms with van der Waals surface area (Å²) in [6.45, 7) is 0.469. The third-order valence-corrected chi connectivity index (χ3v) is 5.29. The molecule has 1 N–H and O–H groups in total. The van der Waals surface area contributed by atoms with Gasteiger partial charge in [0.1, 0.15) is 11.9 Å². The zero-order valence-electron chi connectivity index (χ0n) is 15.6. The Hall–Kier alpha value is -3.20. The van der Waals surface area contributed by atoms with Crippen LogP contribution in [0, 0.1) is 5.82 Å². The summed E-state index contributed by atoms with van der Waals surface area (Å²) >= 11 is 5.40. The quantitative estimate of drug-likeness (QED) is 0.606. The number of halogens is 1. The van der Waals surface area contributed by atoms with Gasteiger partial charge in [-0.3, -0.25) is 9.59 Å². The van der Waals surface area contributed by atoms with Gasteiger partial charge in [-0.1, -0.05) is 6.07 Å². The van der Waals surface area contributed by atoms with E-state index in [0.717, 1.165) is 10.5 Å². The number of rotatable bonds is 4. The summed E-state index contributed by atoms with van der Waals surface area (Å²) in [7, 11) is 1.66. The maximum absolute atomic E-state index is 13.2. The number of hydrogen-bond donors (Lipinski definition) is 1. The van der Waals surface area contributed by atoms with Gasteiger partial charge in [-0.05, 0) is 54.2 Å². The van der Waals surface area contributed by atoms with Crippen molar-refractivity contribution >= 4 is 34.8 Å². The fraction of sp³-hybridized carbons (Fsp3) is 0.250. The van der Waals surface area contributed by atoms with Gasteiger partial charge < -0.3 is 19.7 Å². The van der Waals surface area contributed by atoms with E-state index in [4.69, 9.17) is 21.7 Å². The van der Waals surface area contributed by atoms with Crippen molar-refractivity contribution in [2.45, 2.75) is 19.0 Å². The van der Waals surface area contributed by atoms with E-state index in [-0.39, 0.29) is 19.1 Å². The number of carbonyl (C=O) groups is 2. The van der Waals surface area contributed by atoms with Gasteiger partial charge in [-0.15, -0.1) is 0 Å². The van der Waals surface area contributed by atoms with Crippen LogP contribution in [0.2, 0.25) is 0 Å². The van der Waals surface area contributed by atoms with Gasteiger partial charge in [0.2, 0.25) is 12.7 Å². The van der Waals surface area contributed by atoms with Crippen LogP contribution in [0.3, 0.4) is 0 Å². The Morgan fingerprint density at radius 1 is 1.21 bits per heavy atom. The molecule has 150 valence electrons. The molecule has 2 aromatic rings. The second-order valence-electron chi connectivity index (χ2n) is 6.63. The van der Waals surface area contributed by atoms with Gasteiger partial charge in [0.15, 0.2) is 16.6 Å². The van der Waals surface area contributed by atoms with Crippen molar-refractivity contribution in [1.82, 2.24) is 10.2 Å². The van der Waals surface area contributed by atoms with Gasteiger partial charge in [0, 0.05) is 13.6 Å². The number of nitrogens with one attached hydrogen (secondary N) is 1. The first kappa shape index (κ1) is 19.1. The van der Waals surface area contributed by atoms with Crippen molar-refractivity contribution in [3.8, 4) is 11.5 Å². The molecule has 1 saturated heterocycles. The highest BCUT2D eigenvalue weighted by Crippen LogP contribution is 2.33. The highest BCUT2D eigenvalue weighted by atomic mass is 32.1. The topological polar surface area (TPSA) is 71.1 Å². The van der Waals surface area contributed by atoms with Crippen LogP contribution in [-0.2, 0) is 16.1 Å². The molecule has 0 aromatic heterocycles. The van der Waals surface area contributed by atoms with Gasteiger partial charge in [-0.25, -0.2) is 9.29 Å². The van der Waals surface area contributed by atoms with E-state index in [9.17, 15) is 14.0 Å². The third-order valence-electron chi connectivity index (χ3n) is 4.85. The molecular weight excluding hydrogens is 397 g/mol. The largest absolute Gasteiger partial charge is 0.454 e. The van der Waals surface area contributed by atoms with Crippen LogP contribution in [0.25, 0.3) is 0 Å². The molecule has 2 amide bonds. The second kappa shape index (κ2) is 7.67. The summed E-state index contributed by atoms with van der Waals surface area (Å²) in [5.74, 6) is 0.0806. The maximum Gasteiger partial charge on any atom is 0.257 e. The summed E-state index contributed by atoms with van der Waals surface area (Å²) in [4.78, 5) is 28.4. The van der Waals surface area contributed by atoms with E-state index in [0.29, 0.717) is 28.8 Å². The summed E-state index contributed by atoms with van der Waals surface area (Å²) < 4.78 is 24.0. The summed E-state index contributed by atoms with van der Waals surface area (Å²) in [6, 6.07) is 9.96. The van der Waals surface area contributed by atoms with Crippen LogP contribution in [0.4, 0.5) is 10.1 Å². The number of amides is 2. The second-order valence-corrected chi connectivity index (χ2v) is 7.02. The molecule has 0 saturated carbocycles. The van der Waals surface area contributed by atoms with Gasteiger partial charge in [0.25, 0.3) is 5.91 Å².